The summed E-state index contributed by atoms with van der Waals surface area (Å²) in [6.07, 6.45) is 7.78. The van der Waals surface area contributed by atoms with Crippen LogP contribution in [0.3, 0.4) is 0 Å². The molecular formula is C22H25N3O2S. The number of hydrogen-bond donors (Lipinski definition) is 1. The number of aromatic nitrogens is 2. The number of benzene rings is 1. The fourth-order valence-corrected chi connectivity index (χ4v) is 4.64. The first-order valence-corrected chi connectivity index (χ1v) is 10.8. The molecule has 2 heterocycles. The number of amides is 1. The Morgan fingerprint density at radius 1 is 1.18 bits per heavy atom. The van der Waals surface area contributed by atoms with E-state index in [1.165, 1.54) is 44.0 Å². The van der Waals surface area contributed by atoms with E-state index < -0.39 is 0 Å². The molecule has 1 aliphatic rings. The van der Waals surface area contributed by atoms with Crippen molar-refractivity contribution in [2.45, 2.75) is 39.0 Å². The SMILES string of the molecule is Cc1ccc(-c2csc3ncnc(OCC(=O)NCC4CCCCC4)c23)cc1. The monoisotopic (exact) mass is 395 g/mol. The van der Waals surface area contributed by atoms with Crippen LogP contribution >= 0.6 is 11.3 Å². The van der Waals surface area contributed by atoms with E-state index in [-0.39, 0.29) is 12.5 Å². The van der Waals surface area contributed by atoms with Gasteiger partial charge in [0.05, 0.1) is 5.39 Å². The van der Waals surface area contributed by atoms with Gasteiger partial charge in [-0.2, -0.15) is 0 Å². The predicted molar refractivity (Wildman–Crippen MR) is 113 cm³/mol. The van der Waals surface area contributed by atoms with Crippen LogP contribution in [0.15, 0.2) is 36.0 Å². The second-order valence-corrected chi connectivity index (χ2v) is 8.33. The molecule has 0 saturated heterocycles. The number of nitrogens with zero attached hydrogens (tertiary/aromatic N) is 2. The molecule has 6 heteroatoms. The summed E-state index contributed by atoms with van der Waals surface area (Å²) >= 11 is 1.56. The highest BCUT2D eigenvalue weighted by Gasteiger charge is 2.17. The first-order chi connectivity index (χ1) is 13.7. The number of fused-ring (bicyclic) bond motifs is 1. The van der Waals surface area contributed by atoms with E-state index in [9.17, 15) is 4.79 Å². The highest BCUT2D eigenvalue weighted by Crippen LogP contribution is 2.37. The predicted octanol–water partition coefficient (Wildman–Crippen LogP) is 4.74. The van der Waals surface area contributed by atoms with Crippen molar-refractivity contribution in [1.82, 2.24) is 15.3 Å². The van der Waals surface area contributed by atoms with Crippen molar-refractivity contribution in [2.24, 2.45) is 5.92 Å². The van der Waals surface area contributed by atoms with Crippen LogP contribution < -0.4 is 10.1 Å². The molecule has 1 amide bonds. The number of aryl methyl sites for hydroxylation is 1. The molecule has 28 heavy (non-hydrogen) atoms. The van der Waals surface area contributed by atoms with Gasteiger partial charge < -0.3 is 10.1 Å². The first kappa shape index (κ1) is 18.9. The average molecular weight is 396 g/mol. The molecule has 5 nitrogen and oxygen atoms in total. The second-order valence-electron chi connectivity index (χ2n) is 7.47. The van der Waals surface area contributed by atoms with Crippen LogP contribution in [-0.2, 0) is 4.79 Å². The highest BCUT2D eigenvalue weighted by atomic mass is 32.1. The minimum Gasteiger partial charge on any atom is -0.467 e. The Morgan fingerprint density at radius 2 is 1.96 bits per heavy atom. The third-order valence-electron chi connectivity index (χ3n) is 5.35. The van der Waals surface area contributed by atoms with E-state index in [4.69, 9.17) is 4.74 Å². The lowest BCUT2D eigenvalue weighted by Gasteiger charge is -2.21. The van der Waals surface area contributed by atoms with Crippen molar-refractivity contribution < 1.29 is 9.53 Å². The molecule has 1 saturated carbocycles. The molecule has 0 spiro atoms. The molecule has 0 unspecified atom stereocenters. The van der Waals surface area contributed by atoms with E-state index >= 15 is 0 Å². The molecule has 0 radical (unpaired) electrons. The number of hydrogen-bond acceptors (Lipinski definition) is 5. The zero-order valence-corrected chi connectivity index (χ0v) is 16.9. The quantitative estimate of drug-likeness (QED) is 0.655. The van der Waals surface area contributed by atoms with Crippen molar-refractivity contribution in [1.29, 1.82) is 0 Å². The second kappa shape index (κ2) is 8.69. The summed E-state index contributed by atoms with van der Waals surface area (Å²) in [5.41, 5.74) is 3.35. The maximum Gasteiger partial charge on any atom is 0.258 e. The van der Waals surface area contributed by atoms with Crippen molar-refractivity contribution in [3.05, 3.63) is 41.5 Å². The third-order valence-corrected chi connectivity index (χ3v) is 6.24. The lowest BCUT2D eigenvalue weighted by molar-refractivity contribution is -0.123. The summed E-state index contributed by atoms with van der Waals surface area (Å²) in [5.74, 6) is 0.979. The van der Waals surface area contributed by atoms with Crippen LogP contribution in [0, 0.1) is 12.8 Å². The smallest absolute Gasteiger partial charge is 0.258 e. The van der Waals surface area contributed by atoms with E-state index in [1.807, 2.05) is 0 Å². The molecule has 2 aromatic heterocycles. The Bertz CT molecular complexity index is 946. The fraction of sp³-hybridized carbons (Fsp3) is 0.409. The topological polar surface area (TPSA) is 64.1 Å². The van der Waals surface area contributed by atoms with Gasteiger partial charge >= 0.3 is 0 Å². The van der Waals surface area contributed by atoms with Gasteiger partial charge in [0, 0.05) is 17.5 Å². The van der Waals surface area contributed by atoms with Gasteiger partial charge in [0.1, 0.15) is 11.2 Å². The molecule has 1 aliphatic carbocycles. The first-order valence-electron chi connectivity index (χ1n) is 9.89. The van der Waals surface area contributed by atoms with Crippen molar-refractivity contribution in [3.63, 3.8) is 0 Å². The van der Waals surface area contributed by atoms with E-state index in [2.05, 4.69) is 51.9 Å². The Kier molecular flexibility index (Phi) is 5.86. The van der Waals surface area contributed by atoms with Gasteiger partial charge in [-0.15, -0.1) is 11.3 Å². The number of rotatable bonds is 6. The van der Waals surface area contributed by atoms with Crippen LogP contribution in [0.2, 0.25) is 0 Å². The summed E-state index contributed by atoms with van der Waals surface area (Å²) < 4.78 is 5.81. The molecule has 3 aromatic rings. The summed E-state index contributed by atoms with van der Waals surface area (Å²) in [5, 5.41) is 5.95. The number of carbonyl (C=O) groups is 1. The van der Waals surface area contributed by atoms with Gasteiger partial charge in [-0.05, 0) is 31.2 Å². The molecule has 1 N–H and O–H groups in total. The molecular weight excluding hydrogens is 370 g/mol. The average Bonchev–Trinajstić information content (AvgIpc) is 3.17. The van der Waals surface area contributed by atoms with Crippen LogP contribution in [-0.4, -0.2) is 29.0 Å². The molecule has 1 aromatic carbocycles. The highest BCUT2D eigenvalue weighted by molar-refractivity contribution is 7.17. The minimum absolute atomic E-state index is 0.0258. The van der Waals surface area contributed by atoms with E-state index in [1.54, 1.807) is 11.3 Å². The maximum atomic E-state index is 12.2. The van der Waals surface area contributed by atoms with Gasteiger partial charge in [0.25, 0.3) is 5.91 Å². The largest absolute Gasteiger partial charge is 0.467 e. The van der Waals surface area contributed by atoms with Gasteiger partial charge in [-0.1, -0.05) is 49.1 Å². The maximum absolute atomic E-state index is 12.2. The van der Waals surface area contributed by atoms with Gasteiger partial charge in [0.2, 0.25) is 5.88 Å². The van der Waals surface area contributed by atoms with Crippen LogP contribution in [0.1, 0.15) is 37.7 Å². The summed E-state index contributed by atoms with van der Waals surface area (Å²) in [7, 11) is 0. The molecule has 0 bridgehead atoms. The standard InChI is InChI=1S/C22H25N3O2S/c1-15-7-9-17(10-8-15)18-13-28-22-20(18)21(24-14-25-22)27-12-19(26)23-11-16-5-3-2-4-6-16/h7-10,13-14,16H,2-6,11-12H2,1H3,(H,23,26). The van der Waals surface area contributed by atoms with Gasteiger partial charge in [-0.25, -0.2) is 9.97 Å². The Morgan fingerprint density at radius 3 is 2.75 bits per heavy atom. The molecule has 146 valence electrons. The number of thiophene rings is 1. The molecule has 0 aliphatic heterocycles. The summed E-state index contributed by atoms with van der Waals surface area (Å²) in [6.45, 7) is 2.79. The molecule has 1 fully saturated rings. The normalized spacial score (nSPS) is 14.9. The van der Waals surface area contributed by atoms with E-state index in [0.717, 1.165) is 27.9 Å². The van der Waals surface area contributed by atoms with Crippen LogP contribution in [0.4, 0.5) is 0 Å². The minimum atomic E-state index is -0.0931. The zero-order valence-electron chi connectivity index (χ0n) is 16.1. The fourth-order valence-electron chi connectivity index (χ4n) is 3.74. The summed E-state index contributed by atoms with van der Waals surface area (Å²) in [4.78, 5) is 21.8. The lowest BCUT2D eigenvalue weighted by atomic mass is 9.89. The van der Waals surface area contributed by atoms with Gasteiger partial charge in [-0.3, -0.25) is 4.79 Å². The lowest BCUT2D eigenvalue weighted by Crippen LogP contribution is -2.33. The Balaban J connectivity index is 1.45. The van der Waals surface area contributed by atoms with Gasteiger partial charge in [0.15, 0.2) is 6.61 Å². The number of nitrogens with one attached hydrogen (secondary N) is 1. The zero-order chi connectivity index (χ0) is 19.3. The Labute approximate surface area is 169 Å². The Hall–Kier alpha value is -2.47. The van der Waals surface area contributed by atoms with Crippen molar-refractivity contribution in [2.75, 3.05) is 13.2 Å². The number of ether oxygens (including phenoxy) is 1. The molecule has 0 atom stereocenters. The van der Waals surface area contributed by atoms with Crippen molar-refractivity contribution >= 4 is 27.5 Å². The van der Waals surface area contributed by atoms with Crippen LogP contribution in [0.25, 0.3) is 21.3 Å². The van der Waals surface area contributed by atoms with Crippen LogP contribution in [0.5, 0.6) is 5.88 Å². The number of carbonyl (C=O) groups excluding carboxylic acids is 1. The third kappa shape index (κ3) is 4.33. The van der Waals surface area contributed by atoms with Crippen molar-refractivity contribution in [3.8, 4) is 17.0 Å². The van der Waals surface area contributed by atoms with E-state index in [0.29, 0.717) is 11.8 Å². The molecule has 4 rings (SSSR count). The summed E-state index contributed by atoms with van der Waals surface area (Å²) in [6, 6.07) is 8.35.